The second kappa shape index (κ2) is 16.0. The van der Waals surface area contributed by atoms with E-state index in [1.165, 1.54) is 16.2 Å². The number of hydrogen-bond donors (Lipinski definition) is 0. The molecule has 0 saturated carbocycles. The predicted molar refractivity (Wildman–Crippen MR) is 171 cm³/mol. The minimum absolute atomic E-state index is 0.428. The van der Waals surface area contributed by atoms with Crippen molar-refractivity contribution in [1.29, 1.82) is 0 Å². The van der Waals surface area contributed by atoms with Gasteiger partial charge in [0.25, 0.3) is 0 Å². The molecule has 0 N–H and O–H groups in total. The maximum absolute atomic E-state index is 4.10. The summed E-state index contributed by atoms with van der Waals surface area (Å²) in [6, 6.07) is 0. The van der Waals surface area contributed by atoms with Crippen molar-refractivity contribution in [3.63, 3.8) is 0 Å². The summed E-state index contributed by atoms with van der Waals surface area (Å²) >= 11 is 0. The van der Waals surface area contributed by atoms with E-state index in [4.69, 9.17) is 0 Å². The number of rotatable bonds is 18. The summed E-state index contributed by atoms with van der Waals surface area (Å²) < 4.78 is 0. The molecule has 0 aliphatic rings. The minimum Gasteiger partial charge on any atom is -0.107 e. The van der Waals surface area contributed by atoms with Gasteiger partial charge in [0.15, 0.2) is 13.4 Å². The lowest BCUT2D eigenvalue weighted by Gasteiger charge is -2.30. The Hall–Kier alpha value is -1.78. The second-order valence-electron chi connectivity index (χ2n) is 11.2. The van der Waals surface area contributed by atoms with Crippen LogP contribution in [0.3, 0.4) is 0 Å². The largest absolute Gasteiger partial charge is 0.178 e. The second-order valence-corrected chi connectivity index (χ2v) is 21.3. The highest BCUT2D eigenvalue weighted by molar-refractivity contribution is 6.98. The smallest absolute Gasteiger partial charge is 0.107 e. The van der Waals surface area contributed by atoms with E-state index >= 15 is 0 Å². The molecule has 0 aromatic heterocycles. The fraction of sp³-hybridized carbons (Fsp3) is 0.400. The van der Waals surface area contributed by atoms with Gasteiger partial charge in [-0.1, -0.05) is 129 Å². The Morgan fingerprint density at radius 2 is 1.00 bits per heavy atom. The molecule has 4 heteroatoms. The van der Waals surface area contributed by atoms with Gasteiger partial charge in [-0.15, -0.1) is 44.6 Å². The lowest BCUT2D eigenvalue weighted by Crippen LogP contribution is -2.36. The molecule has 0 aliphatic heterocycles. The zero-order chi connectivity index (χ0) is 26.4. The Kier molecular flexibility index (Phi) is 15.2. The van der Waals surface area contributed by atoms with Crippen LogP contribution in [0.25, 0.3) is 0 Å². The van der Waals surface area contributed by atoms with Crippen molar-refractivity contribution in [2.24, 2.45) is 0 Å². The number of hydrogen-bond acceptors (Lipinski definition) is 0. The molecule has 34 heavy (non-hydrogen) atoms. The summed E-state index contributed by atoms with van der Waals surface area (Å²) in [4.78, 5) is 0. The first-order valence-electron chi connectivity index (χ1n) is 12.7. The van der Waals surface area contributed by atoms with Gasteiger partial charge in [-0.05, 0) is 12.8 Å². The van der Waals surface area contributed by atoms with Crippen molar-refractivity contribution in [3.8, 4) is 0 Å². The summed E-state index contributed by atoms with van der Waals surface area (Å²) in [5, 5.41) is 3.15. The molecule has 0 fully saturated rings. The van der Waals surface area contributed by atoms with Crippen LogP contribution in [-0.4, -0.2) is 29.6 Å². The Morgan fingerprint density at radius 3 is 1.35 bits per heavy atom. The lowest BCUT2D eigenvalue weighted by atomic mass is 9.39. The molecule has 0 radical (unpaired) electrons. The van der Waals surface area contributed by atoms with Gasteiger partial charge in [-0.3, -0.25) is 0 Å². The third kappa shape index (κ3) is 10.7. The molecule has 0 aliphatic carbocycles. The van der Waals surface area contributed by atoms with Gasteiger partial charge in [0, 0.05) is 0 Å². The van der Waals surface area contributed by atoms with E-state index in [1.54, 1.807) is 5.10 Å². The van der Waals surface area contributed by atoms with Crippen LogP contribution >= 0.6 is 0 Å². The highest BCUT2D eigenvalue weighted by atomic mass is 28.3. The van der Waals surface area contributed by atoms with Crippen LogP contribution in [0.5, 0.6) is 0 Å². The Balaban J connectivity index is 7.19. The van der Waals surface area contributed by atoms with Crippen molar-refractivity contribution in [2.45, 2.75) is 77.4 Å². The van der Waals surface area contributed by atoms with Gasteiger partial charge >= 0.3 is 0 Å². The summed E-state index contributed by atoms with van der Waals surface area (Å²) in [7, 11) is -3.22. The fourth-order valence-electron chi connectivity index (χ4n) is 4.97. The lowest BCUT2D eigenvalue weighted by molar-refractivity contribution is 1.26. The van der Waals surface area contributed by atoms with E-state index in [0.717, 1.165) is 38.1 Å². The monoisotopic (exact) mass is 488 g/mol. The standard InChI is InChI=1S/C30H50B2Si2/c1-13-19-27(30(34(10,11)12)32(25-17-5)26-18-6)21-22-29(33(7,8)9)28(20-14-2)31(23-15-3)24-16-4/h13-18,21-22H,1-6,19-20,23-26H2,7-12H3/b22-21+,29-28-,30-27-. The minimum atomic E-state index is -1.63. The molecule has 184 valence electrons. The van der Waals surface area contributed by atoms with Crippen LogP contribution in [0.2, 0.25) is 64.6 Å². The van der Waals surface area contributed by atoms with Crippen molar-refractivity contribution >= 4 is 29.6 Å². The molecule has 0 heterocycles. The third-order valence-corrected chi connectivity index (χ3v) is 10.6. The molecular formula is C30H50B2Si2. The normalized spacial score (nSPS) is 13.5. The van der Waals surface area contributed by atoms with Crippen molar-refractivity contribution < 1.29 is 0 Å². The number of allylic oxidation sites excluding steroid dienone is 11. The summed E-state index contributed by atoms with van der Waals surface area (Å²) in [6.07, 6.45) is 22.9. The van der Waals surface area contributed by atoms with E-state index < -0.39 is 16.1 Å². The quantitative estimate of drug-likeness (QED) is 0.102. The Labute approximate surface area is 216 Å². The van der Waals surface area contributed by atoms with Gasteiger partial charge in [0.1, 0.15) is 0 Å². The van der Waals surface area contributed by atoms with Gasteiger partial charge in [0.05, 0.1) is 16.1 Å². The maximum atomic E-state index is 4.10. The Bertz CT molecular complexity index is 794. The van der Waals surface area contributed by atoms with Gasteiger partial charge in [0.2, 0.25) is 0 Å². The molecule has 0 amide bonds. The highest BCUT2D eigenvalue weighted by Gasteiger charge is 2.31. The van der Waals surface area contributed by atoms with E-state index in [2.05, 4.69) is 115 Å². The van der Waals surface area contributed by atoms with E-state index in [0.29, 0.717) is 13.4 Å². The van der Waals surface area contributed by atoms with Crippen LogP contribution in [-0.2, 0) is 0 Å². The first-order chi connectivity index (χ1) is 15.9. The van der Waals surface area contributed by atoms with Gasteiger partial charge < -0.3 is 0 Å². The van der Waals surface area contributed by atoms with Crippen LogP contribution in [0.15, 0.2) is 109 Å². The molecule has 0 aromatic carbocycles. The van der Waals surface area contributed by atoms with Crippen molar-refractivity contribution in [1.82, 2.24) is 0 Å². The molecule has 0 saturated heterocycles. The first-order valence-corrected chi connectivity index (χ1v) is 19.7. The van der Waals surface area contributed by atoms with Crippen LogP contribution < -0.4 is 0 Å². The molecular weight excluding hydrogens is 438 g/mol. The van der Waals surface area contributed by atoms with E-state index in [1.807, 2.05) is 12.2 Å². The van der Waals surface area contributed by atoms with Crippen LogP contribution in [0.4, 0.5) is 0 Å². The van der Waals surface area contributed by atoms with Crippen LogP contribution in [0.1, 0.15) is 12.8 Å². The van der Waals surface area contributed by atoms with E-state index in [-0.39, 0.29) is 0 Å². The molecule has 0 aromatic rings. The zero-order valence-electron chi connectivity index (χ0n) is 23.3. The summed E-state index contributed by atoms with van der Waals surface area (Å²) in [5.74, 6) is 0. The summed E-state index contributed by atoms with van der Waals surface area (Å²) in [5.41, 5.74) is 2.94. The van der Waals surface area contributed by atoms with Crippen LogP contribution in [0, 0.1) is 0 Å². The third-order valence-electron chi connectivity index (χ3n) is 6.19. The highest BCUT2D eigenvalue weighted by Crippen LogP contribution is 2.31. The zero-order valence-corrected chi connectivity index (χ0v) is 25.3. The first kappa shape index (κ1) is 32.2. The SMILES string of the molecule is C=CCB(CC=C)/C(=C(/C=C/C(=C(\CC=C)B(CC=C)CC=C)[Si](C)(C)C)CC=C)[Si](C)(C)C. The van der Waals surface area contributed by atoms with Gasteiger partial charge in [-0.2, -0.15) is 0 Å². The van der Waals surface area contributed by atoms with Crippen molar-refractivity contribution in [2.75, 3.05) is 0 Å². The molecule has 0 spiro atoms. The summed E-state index contributed by atoms with van der Waals surface area (Å²) in [6.45, 7) is 40.0. The average molecular weight is 489 g/mol. The van der Waals surface area contributed by atoms with Crippen molar-refractivity contribution in [3.05, 3.63) is 109 Å². The molecule has 0 atom stereocenters. The van der Waals surface area contributed by atoms with E-state index in [9.17, 15) is 0 Å². The Morgan fingerprint density at radius 1 is 0.559 bits per heavy atom. The fourth-order valence-corrected chi connectivity index (χ4v) is 9.43. The molecule has 0 unspecified atom stereocenters. The molecule has 0 nitrogen and oxygen atoms in total. The maximum Gasteiger partial charge on any atom is 0.178 e. The van der Waals surface area contributed by atoms with Gasteiger partial charge in [-0.25, -0.2) is 0 Å². The predicted octanol–water partition coefficient (Wildman–Crippen LogP) is 9.85. The molecule has 0 rings (SSSR count). The average Bonchev–Trinajstić information content (AvgIpc) is 2.71. The molecule has 0 bridgehead atoms. The topological polar surface area (TPSA) is 0 Å².